The van der Waals surface area contributed by atoms with Crippen LogP contribution in [0.15, 0.2) is 12.3 Å². The summed E-state index contributed by atoms with van der Waals surface area (Å²) in [4.78, 5) is 12.2. The molecule has 7 nitrogen and oxygen atoms in total. The van der Waals surface area contributed by atoms with Crippen LogP contribution >= 0.6 is 0 Å². The van der Waals surface area contributed by atoms with Gasteiger partial charge in [0.05, 0.1) is 17.6 Å². The lowest BCUT2D eigenvalue weighted by Crippen LogP contribution is -2.20. The molecule has 3 N–H and O–H groups in total. The molecule has 0 aliphatic rings. The van der Waals surface area contributed by atoms with Crippen molar-refractivity contribution in [1.82, 2.24) is 19.6 Å². The van der Waals surface area contributed by atoms with E-state index < -0.39 is 0 Å². The first-order valence-corrected chi connectivity index (χ1v) is 6.05. The highest BCUT2D eigenvalue weighted by Gasteiger charge is 2.19. The van der Waals surface area contributed by atoms with Gasteiger partial charge in [0, 0.05) is 19.2 Å². The van der Waals surface area contributed by atoms with Crippen molar-refractivity contribution in [2.45, 2.75) is 26.8 Å². The number of rotatable bonds is 3. The highest BCUT2D eigenvalue weighted by molar-refractivity contribution is 6.06. The maximum absolute atomic E-state index is 12.2. The zero-order valence-corrected chi connectivity index (χ0v) is 11.5. The topological polar surface area (TPSA) is 90.8 Å². The van der Waals surface area contributed by atoms with Crippen molar-refractivity contribution < 1.29 is 4.79 Å². The molecule has 2 aromatic rings. The molecule has 0 aliphatic heterocycles. The maximum Gasteiger partial charge on any atom is 0.277 e. The predicted molar refractivity (Wildman–Crippen MR) is 72.9 cm³/mol. The lowest BCUT2D eigenvalue weighted by Gasteiger charge is -2.12. The molecule has 0 fully saturated rings. The quantitative estimate of drug-likeness (QED) is 0.873. The Bertz CT molecular complexity index is 610. The minimum Gasteiger partial charge on any atom is -0.395 e. The van der Waals surface area contributed by atoms with Crippen molar-refractivity contribution in [1.29, 1.82) is 0 Å². The number of hydrogen-bond acceptors (Lipinski definition) is 4. The Hall–Kier alpha value is -2.31. The third-order valence-corrected chi connectivity index (χ3v) is 2.88. The van der Waals surface area contributed by atoms with Crippen LogP contribution in [0.4, 0.5) is 11.5 Å². The van der Waals surface area contributed by atoms with Crippen molar-refractivity contribution in [2.75, 3.05) is 11.1 Å². The molecule has 0 bridgehead atoms. The van der Waals surface area contributed by atoms with Crippen LogP contribution < -0.4 is 11.1 Å². The summed E-state index contributed by atoms with van der Waals surface area (Å²) in [5.74, 6) is 0.348. The van der Waals surface area contributed by atoms with Crippen molar-refractivity contribution in [3.05, 3.63) is 23.7 Å². The summed E-state index contributed by atoms with van der Waals surface area (Å²) in [6, 6.07) is 1.91. The Kier molecular flexibility index (Phi) is 3.28. The molecule has 1 amide bonds. The average Bonchev–Trinajstić information content (AvgIpc) is 2.85. The summed E-state index contributed by atoms with van der Waals surface area (Å²) >= 11 is 0. The van der Waals surface area contributed by atoms with Gasteiger partial charge in [0.1, 0.15) is 11.5 Å². The van der Waals surface area contributed by atoms with Gasteiger partial charge in [-0.15, -0.1) is 0 Å². The third-order valence-electron chi connectivity index (χ3n) is 2.88. The molecule has 0 spiro atoms. The second-order valence-electron chi connectivity index (χ2n) is 4.68. The van der Waals surface area contributed by atoms with Crippen LogP contribution in [0.2, 0.25) is 0 Å². The minimum absolute atomic E-state index is 0.163. The zero-order valence-electron chi connectivity index (χ0n) is 11.5. The van der Waals surface area contributed by atoms with E-state index in [2.05, 4.69) is 15.5 Å². The number of hydrogen-bond donors (Lipinski definition) is 2. The Morgan fingerprint density at radius 2 is 2.16 bits per heavy atom. The van der Waals surface area contributed by atoms with Crippen molar-refractivity contribution in [3.8, 4) is 0 Å². The largest absolute Gasteiger partial charge is 0.395 e. The van der Waals surface area contributed by atoms with E-state index in [1.165, 1.54) is 4.68 Å². The van der Waals surface area contributed by atoms with E-state index in [1.807, 2.05) is 13.8 Å². The third kappa shape index (κ3) is 2.31. The molecule has 0 aliphatic carbocycles. The average molecular weight is 262 g/mol. The number of nitrogens with two attached hydrogens (primary N) is 1. The van der Waals surface area contributed by atoms with Crippen LogP contribution in [0.5, 0.6) is 0 Å². The van der Waals surface area contributed by atoms with E-state index in [-0.39, 0.29) is 11.9 Å². The first kappa shape index (κ1) is 13.1. The van der Waals surface area contributed by atoms with Crippen LogP contribution in [0.25, 0.3) is 0 Å². The van der Waals surface area contributed by atoms with Crippen LogP contribution in [-0.2, 0) is 7.05 Å². The predicted octanol–water partition coefficient (Wildman–Crippen LogP) is 1.34. The first-order chi connectivity index (χ1) is 8.91. The summed E-state index contributed by atoms with van der Waals surface area (Å²) in [7, 11) is 1.69. The van der Waals surface area contributed by atoms with Crippen molar-refractivity contribution >= 4 is 17.4 Å². The van der Waals surface area contributed by atoms with Crippen molar-refractivity contribution in [2.24, 2.45) is 7.05 Å². The molecule has 7 heteroatoms. The van der Waals surface area contributed by atoms with Gasteiger partial charge in [0.25, 0.3) is 5.91 Å². The summed E-state index contributed by atoms with van der Waals surface area (Å²) < 4.78 is 3.22. The Morgan fingerprint density at radius 3 is 2.68 bits per heavy atom. The van der Waals surface area contributed by atoms with Crippen LogP contribution in [0.1, 0.15) is 36.1 Å². The van der Waals surface area contributed by atoms with Gasteiger partial charge in [0.2, 0.25) is 0 Å². The second kappa shape index (κ2) is 4.75. The van der Waals surface area contributed by atoms with Gasteiger partial charge in [-0.2, -0.15) is 10.2 Å². The van der Waals surface area contributed by atoms with Gasteiger partial charge >= 0.3 is 0 Å². The van der Waals surface area contributed by atoms with E-state index >= 15 is 0 Å². The lowest BCUT2D eigenvalue weighted by atomic mass is 10.3. The first-order valence-electron chi connectivity index (χ1n) is 6.05. The van der Waals surface area contributed by atoms with Crippen LogP contribution in [0, 0.1) is 6.92 Å². The van der Waals surface area contributed by atoms with E-state index in [0.29, 0.717) is 22.9 Å². The molecule has 0 atom stereocenters. The number of amides is 1. The number of carbonyl (C=O) groups is 1. The number of nitrogens with zero attached hydrogens (tertiary/aromatic N) is 4. The molecule has 0 saturated heterocycles. The summed E-state index contributed by atoms with van der Waals surface area (Å²) in [6.45, 7) is 5.75. The number of aromatic nitrogens is 4. The van der Waals surface area contributed by atoms with E-state index in [4.69, 9.17) is 5.73 Å². The summed E-state index contributed by atoms with van der Waals surface area (Å²) in [6.07, 6.45) is 1.65. The van der Waals surface area contributed by atoms with E-state index in [0.717, 1.165) is 0 Å². The van der Waals surface area contributed by atoms with Gasteiger partial charge < -0.3 is 11.1 Å². The number of carbonyl (C=O) groups excluding carboxylic acids is 1. The SMILES string of the molecule is Cc1nn(C)c(C(=O)Nc2ccnn2C(C)C)c1N. The molecule has 0 unspecified atom stereocenters. The Balaban J connectivity index is 2.29. The molecule has 19 heavy (non-hydrogen) atoms. The number of anilines is 2. The van der Waals surface area contributed by atoms with Gasteiger partial charge in [-0.3, -0.25) is 9.48 Å². The van der Waals surface area contributed by atoms with E-state index in [9.17, 15) is 4.79 Å². The molecular weight excluding hydrogens is 244 g/mol. The van der Waals surface area contributed by atoms with Crippen molar-refractivity contribution in [3.63, 3.8) is 0 Å². The Labute approximate surface area is 111 Å². The zero-order chi connectivity index (χ0) is 14.2. The number of nitrogen functional groups attached to an aromatic ring is 1. The molecule has 2 aromatic heterocycles. The number of nitrogens with one attached hydrogen (secondary N) is 1. The highest BCUT2D eigenvalue weighted by Crippen LogP contribution is 2.18. The summed E-state index contributed by atoms with van der Waals surface area (Å²) in [5, 5.41) is 11.1. The molecule has 2 rings (SSSR count). The van der Waals surface area contributed by atoms with Crippen LogP contribution in [-0.4, -0.2) is 25.5 Å². The number of aryl methyl sites for hydroxylation is 2. The highest BCUT2D eigenvalue weighted by atomic mass is 16.2. The molecule has 2 heterocycles. The smallest absolute Gasteiger partial charge is 0.277 e. The summed E-state index contributed by atoms with van der Waals surface area (Å²) in [5.41, 5.74) is 7.26. The van der Waals surface area contributed by atoms with Gasteiger partial charge in [-0.05, 0) is 20.8 Å². The van der Waals surface area contributed by atoms with Gasteiger partial charge in [0.15, 0.2) is 0 Å². The monoisotopic (exact) mass is 262 g/mol. The molecule has 0 saturated carbocycles. The molecule has 0 radical (unpaired) electrons. The van der Waals surface area contributed by atoms with Crippen LogP contribution in [0.3, 0.4) is 0 Å². The van der Waals surface area contributed by atoms with Gasteiger partial charge in [-0.25, -0.2) is 4.68 Å². The fraction of sp³-hybridized carbons (Fsp3) is 0.417. The maximum atomic E-state index is 12.2. The second-order valence-corrected chi connectivity index (χ2v) is 4.68. The molecular formula is C12H18N6O. The minimum atomic E-state index is -0.289. The lowest BCUT2D eigenvalue weighted by molar-refractivity contribution is 0.101. The normalized spacial score (nSPS) is 11.0. The molecule has 0 aromatic carbocycles. The Morgan fingerprint density at radius 1 is 1.47 bits per heavy atom. The molecule has 102 valence electrons. The standard InChI is InChI=1S/C12H18N6O/c1-7(2)18-9(5-6-14-18)15-12(19)11-10(13)8(3)16-17(11)4/h5-7H,13H2,1-4H3,(H,15,19). The fourth-order valence-corrected chi connectivity index (χ4v) is 1.94. The fourth-order valence-electron chi connectivity index (χ4n) is 1.94. The van der Waals surface area contributed by atoms with E-state index in [1.54, 1.807) is 30.9 Å². The van der Waals surface area contributed by atoms with Gasteiger partial charge in [-0.1, -0.05) is 0 Å².